The van der Waals surface area contributed by atoms with E-state index in [1.807, 2.05) is 19.1 Å². The average molecular weight is 382 g/mol. The number of halogens is 3. The molecule has 0 fully saturated rings. The molecule has 0 spiro atoms. The smallest absolute Gasteiger partial charge is 0.130 e. The molecule has 1 unspecified atom stereocenters. The molecule has 0 radical (unpaired) electrons. The first kappa shape index (κ1) is 20.2. The Morgan fingerprint density at radius 1 is 0.821 bits per heavy atom. The monoisotopic (exact) mass is 382 g/mol. The lowest BCUT2D eigenvalue weighted by Crippen LogP contribution is -2.23. The topological polar surface area (TPSA) is 0 Å². The molecule has 3 heteroatoms. The van der Waals surface area contributed by atoms with Crippen molar-refractivity contribution >= 4 is 0 Å². The quantitative estimate of drug-likeness (QED) is 0.440. The van der Waals surface area contributed by atoms with Crippen LogP contribution in [0.15, 0.2) is 60.7 Å². The predicted octanol–water partition coefficient (Wildman–Crippen LogP) is 7.14. The van der Waals surface area contributed by atoms with E-state index < -0.39 is 17.0 Å². The maximum Gasteiger partial charge on any atom is 0.130 e. The van der Waals surface area contributed by atoms with E-state index in [9.17, 15) is 13.2 Å². The fraction of sp³-hybridized carbons (Fsp3) is 0.280. The molecule has 3 aromatic rings. The highest BCUT2D eigenvalue weighted by Gasteiger charge is 2.30. The Bertz CT molecular complexity index is 951. The molecule has 0 nitrogen and oxygen atoms in total. The summed E-state index contributed by atoms with van der Waals surface area (Å²) >= 11 is 0. The van der Waals surface area contributed by atoms with E-state index in [0.717, 1.165) is 12.0 Å². The van der Waals surface area contributed by atoms with Crippen molar-refractivity contribution in [3.8, 4) is 0 Å². The molecule has 1 atom stereocenters. The summed E-state index contributed by atoms with van der Waals surface area (Å²) in [4.78, 5) is 0. The molecule has 0 aromatic heterocycles. The van der Waals surface area contributed by atoms with Crippen LogP contribution in [0.5, 0.6) is 0 Å². The zero-order chi connectivity index (χ0) is 20.5. The molecule has 0 bridgehead atoms. The van der Waals surface area contributed by atoms with Gasteiger partial charge in [-0.15, -0.1) is 0 Å². The van der Waals surface area contributed by atoms with Crippen molar-refractivity contribution in [1.82, 2.24) is 0 Å². The highest BCUT2D eigenvalue weighted by Crippen LogP contribution is 2.37. The molecule has 0 amide bonds. The van der Waals surface area contributed by atoms with Crippen LogP contribution in [0.3, 0.4) is 0 Å². The number of hydrogen-bond acceptors (Lipinski definition) is 0. The molecule has 0 saturated carbocycles. The van der Waals surface area contributed by atoms with Gasteiger partial charge in [0.05, 0.1) is 0 Å². The first-order valence-corrected chi connectivity index (χ1v) is 9.59. The third-order valence-electron chi connectivity index (χ3n) is 5.66. The molecule has 0 aliphatic rings. The van der Waals surface area contributed by atoms with Crippen LogP contribution in [0.25, 0.3) is 0 Å². The number of rotatable bonds is 5. The van der Waals surface area contributed by atoms with Gasteiger partial charge >= 0.3 is 0 Å². The molecule has 146 valence electrons. The zero-order valence-corrected chi connectivity index (χ0v) is 16.7. The molecule has 0 aliphatic carbocycles. The third kappa shape index (κ3) is 3.71. The molecular formula is C25H25F3. The Balaban J connectivity index is 1.97. The molecule has 0 N–H and O–H groups in total. The van der Waals surface area contributed by atoms with E-state index >= 15 is 0 Å². The molecule has 0 heterocycles. The van der Waals surface area contributed by atoms with E-state index in [4.69, 9.17) is 0 Å². The van der Waals surface area contributed by atoms with Gasteiger partial charge in [-0.25, -0.2) is 13.2 Å². The second kappa shape index (κ2) is 7.83. The van der Waals surface area contributed by atoms with Crippen LogP contribution in [-0.4, -0.2) is 0 Å². The second-order valence-corrected chi connectivity index (χ2v) is 7.77. The summed E-state index contributed by atoms with van der Waals surface area (Å²) in [6, 6.07) is 16.8. The van der Waals surface area contributed by atoms with Crippen molar-refractivity contribution in [3.63, 3.8) is 0 Å². The zero-order valence-electron chi connectivity index (χ0n) is 16.7. The van der Waals surface area contributed by atoms with Gasteiger partial charge in [0.15, 0.2) is 0 Å². The Hall–Kier alpha value is -2.55. The summed E-state index contributed by atoms with van der Waals surface area (Å²) < 4.78 is 43.6. The van der Waals surface area contributed by atoms with Crippen molar-refractivity contribution < 1.29 is 13.2 Å². The minimum atomic E-state index is -0.999. The van der Waals surface area contributed by atoms with Gasteiger partial charge < -0.3 is 0 Å². The predicted molar refractivity (Wildman–Crippen MR) is 108 cm³/mol. The van der Waals surface area contributed by atoms with Crippen LogP contribution < -0.4 is 0 Å². The Kier molecular flexibility index (Phi) is 5.64. The SMILES string of the molecule is CCc1ccc(C(C)c2ccc(C(C)(C)c3c(F)cccc3F)cc2F)cc1. The van der Waals surface area contributed by atoms with E-state index in [0.29, 0.717) is 11.1 Å². The van der Waals surface area contributed by atoms with Crippen LogP contribution in [0.4, 0.5) is 13.2 Å². The first-order chi connectivity index (χ1) is 13.3. The lowest BCUT2D eigenvalue weighted by molar-refractivity contribution is 0.492. The van der Waals surface area contributed by atoms with Gasteiger partial charge in [-0.1, -0.05) is 70.2 Å². The molecule has 0 aliphatic heterocycles. The van der Waals surface area contributed by atoms with Crippen molar-refractivity contribution in [2.75, 3.05) is 0 Å². The number of benzene rings is 3. The van der Waals surface area contributed by atoms with Crippen LogP contribution in [0.2, 0.25) is 0 Å². The molecule has 0 saturated heterocycles. The average Bonchev–Trinajstić information content (AvgIpc) is 2.67. The Labute approximate surface area is 165 Å². The van der Waals surface area contributed by atoms with Crippen LogP contribution in [-0.2, 0) is 11.8 Å². The largest absolute Gasteiger partial charge is 0.207 e. The highest BCUT2D eigenvalue weighted by molar-refractivity contribution is 5.43. The third-order valence-corrected chi connectivity index (χ3v) is 5.66. The fourth-order valence-corrected chi connectivity index (χ4v) is 3.73. The summed E-state index contributed by atoms with van der Waals surface area (Å²) in [6.45, 7) is 7.46. The van der Waals surface area contributed by atoms with E-state index in [-0.39, 0.29) is 17.3 Å². The maximum atomic E-state index is 15.0. The van der Waals surface area contributed by atoms with Crippen molar-refractivity contribution in [2.24, 2.45) is 0 Å². The summed E-state index contributed by atoms with van der Waals surface area (Å²) in [5.74, 6) is -1.74. The molecule has 28 heavy (non-hydrogen) atoms. The standard InChI is InChI=1S/C25H25F3/c1-5-17-9-11-18(12-10-17)16(2)20-14-13-19(15-23(20)28)25(3,4)24-21(26)7-6-8-22(24)27/h6-16H,5H2,1-4H3. The number of aryl methyl sites for hydroxylation is 1. The summed E-state index contributed by atoms with van der Waals surface area (Å²) in [5.41, 5.74) is 2.32. The van der Waals surface area contributed by atoms with Gasteiger partial charge in [0.1, 0.15) is 17.5 Å². The van der Waals surface area contributed by atoms with E-state index in [1.54, 1.807) is 26.0 Å². The van der Waals surface area contributed by atoms with E-state index in [2.05, 4.69) is 19.1 Å². The van der Waals surface area contributed by atoms with E-state index in [1.165, 1.54) is 29.8 Å². The molecule has 3 rings (SSSR count). The van der Waals surface area contributed by atoms with Gasteiger partial charge in [0, 0.05) is 16.9 Å². The summed E-state index contributed by atoms with van der Waals surface area (Å²) in [6.07, 6.45) is 0.958. The lowest BCUT2D eigenvalue weighted by atomic mass is 9.76. The number of hydrogen-bond donors (Lipinski definition) is 0. The van der Waals surface area contributed by atoms with Gasteiger partial charge in [0.2, 0.25) is 0 Å². The van der Waals surface area contributed by atoms with Crippen LogP contribution >= 0.6 is 0 Å². The minimum Gasteiger partial charge on any atom is -0.207 e. The van der Waals surface area contributed by atoms with Gasteiger partial charge in [-0.2, -0.15) is 0 Å². The molecule has 3 aromatic carbocycles. The molecular weight excluding hydrogens is 357 g/mol. The maximum absolute atomic E-state index is 15.0. The Morgan fingerprint density at radius 3 is 1.96 bits per heavy atom. The highest BCUT2D eigenvalue weighted by atomic mass is 19.1. The minimum absolute atomic E-state index is 0.0506. The van der Waals surface area contributed by atoms with Crippen molar-refractivity contribution in [3.05, 3.63) is 106 Å². The van der Waals surface area contributed by atoms with Gasteiger partial charge in [-0.3, -0.25) is 0 Å². The fourth-order valence-electron chi connectivity index (χ4n) is 3.73. The first-order valence-electron chi connectivity index (χ1n) is 9.59. The van der Waals surface area contributed by atoms with Crippen LogP contribution in [0.1, 0.15) is 61.4 Å². The summed E-state index contributed by atoms with van der Waals surface area (Å²) in [7, 11) is 0. The van der Waals surface area contributed by atoms with Crippen molar-refractivity contribution in [1.29, 1.82) is 0 Å². The van der Waals surface area contributed by atoms with Gasteiger partial charge in [0.25, 0.3) is 0 Å². The van der Waals surface area contributed by atoms with Gasteiger partial charge in [-0.05, 0) is 46.9 Å². The lowest BCUT2D eigenvalue weighted by Gasteiger charge is -2.28. The van der Waals surface area contributed by atoms with Crippen LogP contribution in [0, 0.1) is 17.5 Å². The second-order valence-electron chi connectivity index (χ2n) is 7.77. The van der Waals surface area contributed by atoms with Crippen molar-refractivity contribution in [2.45, 2.75) is 45.4 Å². The normalized spacial score (nSPS) is 12.8. The Morgan fingerprint density at radius 2 is 1.43 bits per heavy atom. The summed E-state index contributed by atoms with van der Waals surface area (Å²) in [5, 5.41) is 0.